The van der Waals surface area contributed by atoms with Crippen molar-refractivity contribution in [2.45, 2.75) is 13.8 Å². The van der Waals surface area contributed by atoms with Crippen molar-refractivity contribution in [2.75, 3.05) is 13.1 Å². The Balaban J connectivity index is 1.87. The van der Waals surface area contributed by atoms with Gasteiger partial charge in [-0.25, -0.2) is 9.56 Å². The molecule has 8 heteroatoms. The van der Waals surface area contributed by atoms with Crippen LogP contribution in [0.1, 0.15) is 13.8 Å². The van der Waals surface area contributed by atoms with Gasteiger partial charge in [0.1, 0.15) is 24.3 Å². The van der Waals surface area contributed by atoms with E-state index in [0.29, 0.717) is 17.2 Å². The summed E-state index contributed by atoms with van der Waals surface area (Å²) in [4.78, 5) is 17.3. The van der Waals surface area contributed by atoms with Gasteiger partial charge >= 0.3 is 0 Å². The molecule has 2 aromatic carbocycles. The van der Waals surface area contributed by atoms with E-state index < -0.39 is 0 Å². The lowest BCUT2D eigenvalue weighted by molar-refractivity contribution is 0.600. The van der Waals surface area contributed by atoms with Crippen molar-refractivity contribution in [1.29, 1.82) is 0 Å². The molecule has 0 saturated carbocycles. The van der Waals surface area contributed by atoms with E-state index in [1.807, 2.05) is 42.5 Å². The van der Waals surface area contributed by atoms with E-state index in [2.05, 4.69) is 39.4 Å². The minimum absolute atomic E-state index is 0.0385. The zero-order valence-electron chi connectivity index (χ0n) is 16.9. The summed E-state index contributed by atoms with van der Waals surface area (Å²) in [6.45, 7) is 6.09. The Morgan fingerprint density at radius 1 is 0.839 bits per heavy atom. The molecule has 154 valence electrons. The van der Waals surface area contributed by atoms with Crippen LogP contribution >= 0.6 is 23.2 Å². The van der Waals surface area contributed by atoms with Crippen LogP contribution in [0.2, 0.25) is 10.6 Å². The lowest BCUT2D eigenvalue weighted by Gasteiger charge is -2.11. The molecular weight excluding hydrogens is 433 g/mol. The first kappa shape index (κ1) is 19.8. The SMILES string of the molecule is CC[N+](CC)=c1ccc2nc3c(cc(-c4nc(Cl)nc(Cl)n4)c4ccccc43)oc-2c1. The van der Waals surface area contributed by atoms with Gasteiger partial charge in [0.15, 0.2) is 17.2 Å². The minimum Gasteiger partial charge on any atom is -0.453 e. The summed E-state index contributed by atoms with van der Waals surface area (Å²) in [7, 11) is 0. The first-order chi connectivity index (χ1) is 15.1. The molecule has 0 fully saturated rings. The Hall–Kier alpha value is -3.09. The average Bonchev–Trinajstić information content (AvgIpc) is 2.77. The van der Waals surface area contributed by atoms with E-state index in [1.54, 1.807) is 0 Å². The van der Waals surface area contributed by atoms with Gasteiger partial charge in [-0.1, -0.05) is 24.3 Å². The summed E-state index contributed by atoms with van der Waals surface area (Å²) < 4.78 is 8.59. The molecule has 0 N–H and O–H groups in total. The Labute approximate surface area is 188 Å². The van der Waals surface area contributed by atoms with Crippen LogP contribution in [-0.2, 0) is 0 Å². The molecule has 1 aromatic heterocycles. The van der Waals surface area contributed by atoms with Crippen molar-refractivity contribution < 1.29 is 4.42 Å². The van der Waals surface area contributed by atoms with E-state index in [9.17, 15) is 0 Å². The molecule has 5 rings (SSSR count). The quantitative estimate of drug-likeness (QED) is 0.218. The second-order valence-electron chi connectivity index (χ2n) is 7.05. The van der Waals surface area contributed by atoms with Crippen LogP contribution in [-0.4, -0.2) is 33.0 Å². The van der Waals surface area contributed by atoms with Gasteiger partial charge in [0, 0.05) is 17.0 Å². The van der Waals surface area contributed by atoms with Crippen LogP contribution in [0, 0.1) is 0 Å². The van der Waals surface area contributed by atoms with Crippen molar-refractivity contribution >= 4 is 45.1 Å². The van der Waals surface area contributed by atoms with E-state index in [4.69, 9.17) is 32.6 Å². The van der Waals surface area contributed by atoms with Gasteiger partial charge < -0.3 is 4.42 Å². The zero-order chi connectivity index (χ0) is 21.5. The highest BCUT2D eigenvalue weighted by atomic mass is 35.5. The number of halogens is 2. The first-order valence-corrected chi connectivity index (χ1v) is 10.7. The maximum absolute atomic E-state index is 6.33. The fourth-order valence-corrected chi connectivity index (χ4v) is 4.22. The molecule has 0 bridgehead atoms. The van der Waals surface area contributed by atoms with E-state index in [0.717, 1.165) is 46.0 Å². The lowest BCUT2D eigenvalue weighted by atomic mass is 10.0. The van der Waals surface area contributed by atoms with Crippen molar-refractivity contribution in [1.82, 2.24) is 24.5 Å². The summed E-state index contributed by atoms with van der Waals surface area (Å²) >= 11 is 12.1. The average molecular weight is 451 g/mol. The zero-order valence-corrected chi connectivity index (χ0v) is 18.4. The second kappa shape index (κ2) is 7.87. The summed E-state index contributed by atoms with van der Waals surface area (Å²) in [5.41, 5.74) is 2.95. The van der Waals surface area contributed by atoms with Crippen LogP contribution in [0.3, 0.4) is 0 Å². The predicted molar refractivity (Wildman–Crippen MR) is 123 cm³/mol. The normalized spacial score (nSPS) is 11.5. The van der Waals surface area contributed by atoms with Gasteiger partial charge in [0.25, 0.3) is 0 Å². The standard InChI is InChI=1S/C23H18Cl2N5O/c1-3-30(4-2)13-9-10-17-18(11-13)31-19-12-16(21-27-22(24)29-23(25)28-21)14-7-5-6-8-15(14)20(19)26-17/h5-12H,3-4H2,1-2H3/q+1. The molecule has 0 saturated heterocycles. The summed E-state index contributed by atoms with van der Waals surface area (Å²) in [5.74, 6) is 1.10. The molecule has 3 aromatic rings. The monoisotopic (exact) mass is 450 g/mol. The highest BCUT2D eigenvalue weighted by Crippen LogP contribution is 2.35. The predicted octanol–water partition coefficient (Wildman–Crippen LogP) is 5.06. The highest BCUT2D eigenvalue weighted by molar-refractivity contribution is 6.31. The third-order valence-electron chi connectivity index (χ3n) is 5.33. The summed E-state index contributed by atoms with van der Waals surface area (Å²) in [6, 6.07) is 15.9. The van der Waals surface area contributed by atoms with Gasteiger partial charge in [-0.15, -0.1) is 0 Å². The largest absolute Gasteiger partial charge is 0.453 e. The summed E-state index contributed by atoms with van der Waals surface area (Å²) in [6.07, 6.45) is 0. The number of nitrogens with zero attached hydrogens (tertiary/aromatic N) is 5. The molecule has 0 radical (unpaired) electrons. The third-order valence-corrected chi connectivity index (χ3v) is 5.67. The first-order valence-electron chi connectivity index (χ1n) is 9.99. The Morgan fingerprint density at radius 3 is 2.26 bits per heavy atom. The number of fused-ring (bicyclic) bond motifs is 4. The molecule has 0 atom stereocenters. The number of hydrogen-bond donors (Lipinski definition) is 0. The van der Waals surface area contributed by atoms with Crippen LogP contribution < -0.4 is 9.93 Å². The van der Waals surface area contributed by atoms with Gasteiger partial charge in [0.05, 0.1) is 6.07 Å². The lowest BCUT2D eigenvalue weighted by Crippen LogP contribution is -2.29. The number of rotatable bonds is 3. The van der Waals surface area contributed by atoms with Gasteiger partial charge in [-0.05, 0) is 54.6 Å². The Morgan fingerprint density at radius 2 is 1.55 bits per heavy atom. The molecular formula is C23H18Cl2N5O+. The van der Waals surface area contributed by atoms with Gasteiger partial charge in [-0.3, -0.25) is 0 Å². The van der Waals surface area contributed by atoms with E-state index in [-0.39, 0.29) is 10.6 Å². The third kappa shape index (κ3) is 3.52. The van der Waals surface area contributed by atoms with Crippen molar-refractivity contribution in [3.8, 4) is 22.8 Å². The van der Waals surface area contributed by atoms with Crippen LogP contribution in [0.4, 0.5) is 0 Å². The molecule has 1 aliphatic heterocycles. The molecule has 2 heterocycles. The number of benzene rings is 3. The molecule has 0 amide bonds. The van der Waals surface area contributed by atoms with E-state index in [1.165, 1.54) is 0 Å². The smallest absolute Gasteiger partial charge is 0.227 e. The fourth-order valence-electron chi connectivity index (χ4n) is 3.86. The topological polar surface area (TPSA) is 67.7 Å². The molecule has 0 spiro atoms. The highest BCUT2D eigenvalue weighted by Gasteiger charge is 2.18. The van der Waals surface area contributed by atoms with Crippen LogP contribution in [0.15, 0.2) is 52.9 Å². The van der Waals surface area contributed by atoms with Gasteiger partial charge in [0.2, 0.25) is 15.9 Å². The Kier molecular flexibility index (Phi) is 5.04. The molecule has 6 nitrogen and oxygen atoms in total. The van der Waals surface area contributed by atoms with Crippen molar-refractivity contribution in [3.63, 3.8) is 0 Å². The number of hydrogen-bond acceptors (Lipinski definition) is 5. The molecule has 2 aliphatic rings. The fraction of sp³-hybridized carbons (Fsp3) is 0.174. The molecule has 31 heavy (non-hydrogen) atoms. The van der Waals surface area contributed by atoms with Crippen LogP contribution in [0.25, 0.3) is 44.7 Å². The van der Waals surface area contributed by atoms with Crippen molar-refractivity contribution in [2.24, 2.45) is 0 Å². The van der Waals surface area contributed by atoms with E-state index >= 15 is 0 Å². The number of aromatic nitrogens is 4. The van der Waals surface area contributed by atoms with Crippen molar-refractivity contribution in [3.05, 3.63) is 64.5 Å². The van der Waals surface area contributed by atoms with Crippen LogP contribution in [0.5, 0.6) is 0 Å². The Bertz CT molecular complexity index is 1470. The summed E-state index contributed by atoms with van der Waals surface area (Å²) in [5, 5.41) is 3.03. The minimum atomic E-state index is 0.0385. The second-order valence-corrected chi connectivity index (χ2v) is 7.73. The maximum Gasteiger partial charge on any atom is 0.227 e. The maximum atomic E-state index is 6.33. The van der Waals surface area contributed by atoms with Gasteiger partial charge in [-0.2, -0.15) is 15.0 Å². The molecule has 1 aliphatic carbocycles. The molecule has 0 unspecified atom stereocenters.